The Bertz CT molecular complexity index is 963. The van der Waals surface area contributed by atoms with Crippen LogP contribution in [0.15, 0.2) is 41.1 Å². The highest BCUT2D eigenvalue weighted by atomic mass is 19.4. The Morgan fingerprint density at radius 2 is 1.81 bits per heavy atom. The van der Waals surface area contributed by atoms with E-state index < -0.39 is 17.8 Å². The maximum Gasteiger partial charge on any atom is 0.416 e. The van der Waals surface area contributed by atoms with Crippen molar-refractivity contribution in [2.24, 2.45) is 0 Å². The molecule has 0 spiro atoms. The molecule has 0 saturated carbocycles. The molecule has 0 aliphatic heterocycles. The van der Waals surface area contributed by atoms with E-state index in [0.29, 0.717) is 5.69 Å². The second-order valence-electron chi connectivity index (χ2n) is 5.38. The first-order valence-corrected chi connectivity index (χ1v) is 7.62. The minimum absolute atomic E-state index is 0.0547. The topological polar surface area (TPSA) is 113 Å². The number of nitriles is 1. The van der Waals surface area contributed by atoms with Gasteiger partial charge >= 0.3 is 6.18 Å². The third-order valence-electron chi connectivity index (χ3n) is 3.47. The molecule has 1 unspecified atom stereocenters. The molecule has 3 rings (SSSR count). The Labute approximate surface area is 151 Å². The van der Waals surface area contributed by atoms with E-state index in [1.165, 1.54) is 24.5 Å². The number of nitrogens with zero attached hydrogens (tertiary/aromatic N) is 5. The molecule has 0 amide bonds. The highest BCUT2D eigenvalue weighted by Gasteiger charge is 2.30. The summed E-state index contributed by atoms with van der Waals surface area (Å²) < 4.78 is 43.5. The molecule has 8 nitrogen and oxygen atoms in total. The van der Waals surface area contributed by atoms with E-state index in [4.69, 9.17) is 9.68 Å². The maximum atomic E-state index is 12.7. The van der Waals surface area contributed by atoms with Crippen LogP contribution in [0.1, 0.15) is 24.4 Å². The molecule has 3 aromatic rings. The van der Waals surface area contributed by atoms with Crippen LogP contribution in [0.4, 0.5) is 24.7 Å². The molecule has 2 aromatic heterocycles. The van der Waals surface area contributed by atoms with Gasteiger partial charge in [0, 0.05) is 18.1 Å². The van der Waals surface area contributed by atoms with Gasteiger partial charge in [-0.3, -0.25) is 0 Å². The summed E-state index contributed by atoms with van der Waals surface area (Å²) in [7, 11) is 0. The van der Waals surface area contributed by atoms with Gasteiger partial charge in [0.25, 0.3) is 5.89 Å². The van der Waals surface area contributed by atoms with Crippen molar-refractivity contribution in [1.82, 2.24) is 25.5 Å². The van der Waals surface area contributed by atoms with Gasteiger partial charge in [-0.25, -0.2) is 9.97 Å². The van der Waals surface area contributed by atoms with Crippen molar-refractivity contribution in [2.45, 2.75) is 19.1 Å². The summed E-state index contributed by atoms with van der Waals surface area (Å²) in [4.78, 5) is 8.25. The Morgan fingerprint density at radius 3 is 2.48 bits per heavy atom. The predicted octanol–water partition coefficient (Wildman–Crippen LogP) is 3.42. The van der Waals surface area contributed by atoms with Crippen LogP contribution in [0.3, 0.4) is 0 Å². The average Bonchev–Trinajstić information content (AvgIpc) is 3.12. The number of rotatable bonds is 5. The first-order chi connectivity index (χ1) is 12.9. The SMILES string of the molecule is CC(NC#N)c1nnc(-c2nccnc2Nc2ccc(C(F)(F)F)cc2)o1. The summed E-state index contributed by atoms with van der Waals surface area (Å²) in [6.45, 7) is 1.67. The summed E-state index contributed by atoms with van der Waals surface area (Å²) >= 11 is 0. The molecular formula is C16H12F3N7O. The van der Waals surface area contributed by atoms with Crippen molar-refractivity contribution in [1.29, 1.82) is 5.26 Å². The van der Waals surface area contributed by atoms with E-state index in [-0.39, 0.29) is 23.3 Å². The zero-order valence-corrected chi connectivity index (χ0v) is 13.8. The fourth-order valence-electron chi connectivity index (χ4n) is 2.13. The van der Waals surface area contributed by atoms with E-state index >= 15 is 0 Å². The van der Waals surface area contributed by atoms with Crippen LogP contribution in [0, 0.1) is 11.5 Å². The van der Waals surface area contributed by atoms with Crippen molar-refractivity contribution >= 4 is 11.5 Å². The average molecular weight is 375 g/mol. The molecule has 0 aliphatic carbocycles. The van der Waals surface area contributed by atoms with Crippen LogP contribution >= 0.6 is 0 Å². The lowest BCUT2D eigenvalue weighted by molar-refractivity contribution is -0.137. The third-order valence-corrected chi connectivity index (χ3v) is 3.47. The molecule has 0 aliphatic rings. The Morgan fingerprint density at radius 1 is 1.11 bits per heavy atom. The molecule has 2 N–H and O–H groups in total. The molecule has 2 heterocycles. The monoisotopic (exact) mass is 375 g/mol. The minimum atomic E-state index is -4.41. The van der Waals surface area contributed by atoms with Crippen molar-refractivity contribution in [3.8, 4) is 17.8 Å². The Balaban J connectivity index is 1.86. The standard InChI is InChI=1S/C16H12F3N7O/c1-9(23-8-20)14-25-26-15(27-14)12-13(22-7-6-21-12)24-11-4-2-10(3-5-11)16(17,18)19/h2-7,9,23H,1H3,(H,22,24). The van der Waals surface area contributed by atoms with Crippen molar-refractivity contribution in [3.63, 3.8) is 0 Å². The fourth-order valence-corrected chi connectivity index (χ4v) is 2.13. The maximum absolute atomic E-state index is 12.7. The molecule has 0 saturated heterocycles. The molecule has 0 bridgehead atoms. The molecule has 27 heavy (non-hydrogen) atoms. The number of hydrogen-bond acceptors (Lipinski definition) is 8. The lowest BCUT2D eigenvalue weighted by Gasteiger charge is -2.10. The van der Waals surface area contributed by atoms with Gasteiger partial charge in [-0.2, -0.15) is 18.4 Å². The lowest BCUT2D eigenvalue weighted by Crippen LogP contribution is -2.11. The molecular weight excluding hydrogens is 363 g/mol. The van der Waals surface area contributed by atoms with Gasteiger partial charge in [0.05, 0.1) is 5.56 Å². The fraction of sp³-hybridized carbons (Fsp3) is 0.188. The van der Waals surface area contributed by atoms with Crippen LogP contribution in [0.5, 0.6) is 0 Å². The first-order valence-electron chi connectivity index (χ1n) is 7.62. The van der Waals surface area contributed by atoms with Gasteiger partial charge in [-0.05, 0) is 31.2 Å². The molecule has 0 fully saturated rings. The largest absolute Gasteiger partial charge is 0.417 e. The number of halogens is 3. The van der Waals surface area contributed by atoms with Crippen molar-refractivity contribution < 1.29 is 17.6 Å². The van der Waals surface area contributed by atoms with Gasteiger partial charge in [-0.1, -0.05) is 0 Å². The van der Waals surface area contributed by atoms with E-state index in [9.17, 15) is 13.2 Å². The number of aromatic nitrogens is 4. The van der Waals surface area contributed by atoms with Gasteiger partial charge in [0.15, 0.2) is 17.7 Å². The highest BCUT2D eigenvalue weighted by Crippen LogP contribution is 2.31. The summed E-state index contributed by atoms with van der Waals surface area (Å²) in [5, 5.41) is 21.7. The molecule has 1 atom stereocenters. The van der Waals surface area contributed by atoms with Gasteiger partial charge in [0.1, 0.15) is 6.04 Å². The van der Waals surface area contributed by atoms with Crippen LogP contribution in [0.25, 0.3) is 11.6 Å². The molecule has 0 radical (unpaired) electrons. The van der Waals surface area contributed by atoms with E-state index in [1.54, 1.807) is 13.1 Å². The van der Waals surface area contributed by atoms with Crippen LogP contribution in [-0.2, 0) is 6.18 Å². The van der Waals surface area contributed by atoms with Crippen LogP contribution in [0.2, 0.25) is 0 Å². The molecule has 1 aromatic carbocycles. The van der Waals surface area contributed by atoms with Crippen molar-refractivity contribution in [2.75, 3.05) is 5.32 Å². The third kappa shape index (κ3) is 4.12. The Hall–Kier alpha value is -3.68. The van der Waals surface area contributed by atoms with Gasteiger partial charge in [0.2, 0.25) is 5.89 Å². The number of nitrogens with one attached hydrogen (secondary N) is 2. The summed E-state index contributed by atoms with van der Waals surface area (Å²) in [5.41, 5.74) is -0.155. The van der Waals surface area contributed by atoms with Crippen molar-refractivity contribution in [3.05, 3.63) is 48.1 Å². The van der Waals surface area contributed by atoms with E-state index in [2.05, 4.69) is 30.8 Å². The normalized spacial score (nSPS) is 12.3. The summed E-state index contributed by atoms with van der Waals surface area (Å²) in [6.07, 6.45) is 0.184. The summed E-state index contributed by atoms with van der Waals surface area (Å²) in [5.74, 6) is 0.463. The summed E-state index contributed by atoms with van der Waals surface area (Å²) in [6, 6.07) is 3.98. The zero-order valence-electron chi connectivity index (χ0n) is 13.8. The number of alkyl halides is 3. The first kappa shape index (κ1) is 18.1. The van der Waals surface area contributed by atoms with Crippen LogP contribution < -0.4 is 10.6 Å². The smallest absolute Gasteiger partial charge is 0.416 e. The predicted molar refractivity (Wildman–Crippen MR) is 87.2 cm³/mol. The second-order valence-corrected chi connectivity index (χ2v) is 5.38. The van der Waals surface area contributed by atoms with Gasteiger partial charge in [-0.15, -0.1) is 10.2 Å². The molecule has 138 valence electrons. The van der Waals surface area contributed by atoms with Gasteiger partial charge < -0.3 is 15.1 Å². The number of hydrogen-bond donors (Lipinski definition) is 2. The minimum Gasteiger partial charge on any atom is -0.417 e. The zero-order chi connectivity index (χ0) is 19.4. The van der Waals surface area contributed by atoms with Crippen LogP contribution in [-0.4, -0.2) is 20.2 Å². The number of anilines is 2. The Kier molecular flexibility index (Phi) is 4.89. The molecule has 11 heteroatoms. The number of benzene rings is 1. The van der Waals surface area contributed by atoms with E-state index in [0.717, 1.165) is 12.1 Å². The highest BCUT2D eigenvalue weighted by molar-refractivity contribution is 5.70. The van der Waals surface area contributed by atoms with E-state index in [1.807, 2.05) is 0 Å². The lowest BCUT2D eigenvalue weighted by atomic mass is 10.2. The quantitative estimate of drug-likeness (QED) is 0.515. The second kappa shape index (κ2) is 7.28.